The van der Waals surface area contributed by atoms with Gasteiger partial charge in [-0.2, -0.15) is 0 Å². The van der Waals surface area contributed by atoms with Gasteiger partial charge in [0.05, 0.1) is 12.1 Å². The van der Waals surface area contributed by atoms with Gasteiger partial charge in [-0.1, -0.05) is 12.1 Å². The molecule has 25 heavy (non-hydrogen) atoms. The van der Waals surface area contributed by atoms with Gasteiger partial charge in [-0.05, 0) is 59.2 Å². The second-order valence-corrected chi connectivity index (χ2v) is 7.99. The molecule has 1 heterocycles. The average Bonchev–Trinajstić information content (AvgIpc) is 2.66. The predicted molar refractivity (Wildman–Crippen MR) is 96.3 cm³/mol. The summed E-state index contributed by atoms with van der Waals surface area (Å²) in [5, 5.41) is 12.9. The summed E-state index contributed by atoms with van der Waals surface area (Å²) < 4.78 is 11.5. The number of phenols is 1. The van der Waals surface area contributed by atoms with Crippen LogP contribution in [0.2, 0.25) is 0 Å². The fraction of sp³-hybridized carbons (Fsp3) is 0.632. The highest BCUT2D eigenvalue weighted by Gasteiger charge is 2.49. The van der Waals surface area contributed by atoms with E-state index in [1.165, 1.54) is 0 Å². The van der Waals surface area contributed by atoms with E-state index in [-0.39, 0.29) is 24.0 Å². The van der Waals surface area contributed by atoms with Crippen LogP contribution >= 0.6 is 0 Å². The van der Waals surface area contributed by atoms with E-state index in [4.69, 9.17) is 9.47 Å². The Kier molecular flexibility index (Phi) is 5.64. The molecule has 140 valence electrons. The normalized spacial score (nSPS) is 22.9. The molecule has 2 N–H and O–H groups in total. The number of phenolic OH excluding ortho intramolecular Hbond substituents is 1. The van der Waals surface area contributed by atoms with Crippen molar-refractivity contribution in [2.45, 2.75) is 71.6 Å². The number of amides is 1. The molecule has 0 bridgehead atoms. The van der Waals surface area contributed by atoms with Crippen molar-refractivity contribution in [3.8, 4) is 5.75 Å². The summed E-state index contributed by atoms with van der Waals surface area (Å²) >= 11 is 0. The fourth-order valence-electron chi connectivity index (χ4n) is 3.15. The zero-order chi connectivity index (χ0) is 18.8. The lowest BCUT2D eigenvalue weighted by atomic mass is 10.1. The first-order valence-corrected chi connectivity index (χ1v) is 8.68. The number of aromatic hydroxyl groups is 1. The largest absolute Gasteiger partial charge is 0.508 e. The smallest absolute Gasteiger partial charge is 0.412 e. The molecule has 1 aliphatic rings. The Morgan fingerprint density at radius 1 is 1.40 bits per heavy atom. The Balaban J connectivity index is 2.04. The first-order chi connectivity index (χ1) is 11.5. The minimum absolute atomic E-state index is 0.112. The molecule has 6 nitrogen and oxygen atoms in total. The second-order valence-electron chi connectivity index (χ2n) is 7.99. The lowest BCUT2D eigenvalue weighted by molar-refractivity contribution is -0.0756. The molecular weight excluding hydrogens is 320 g/mol. The third-order valence-electron chi connectivity index (χ3n) is 4.11. The lowest BCUT2D eigenvalue weighted by Crippen LogP contribution is -2.53. The van der Waals surface area contributed by atoms with Crippen LogP contribution in [-0.4, -0.2) is 46.1 Å². The van der Waals surface area contributed by atoms with Crippen LogP contribution in [0.5, 0.6) is 5.75 Å². The van der Waals surface area contributed by atoms with Crippen molar-refractivity contribution in [3.63, 3.8) is 0 Å². The van der Waals surface area contributed by atoms with Crippen molar-refractivity contribution in [1.82, 2.24) is 10.2 Å². The number of ether oxygens (including phenoxy) is 2. The summed E-state index contributed by atoms with van der Waals surface area (Å²) in [6, 6.07) is 6.98. The molecule has 1 saturated heterocycles. The van der Waals surface area contributed by atoms with E-state index in [2.05, 4.69) is 5.32 Å². The summed E-state index contributed by atoms with van der Waals surface area (Å²) in [5.41, 5.74) is -0.299. The van der Waals surface area contributed by atoms with Crippen molar-refractivity contribution >= 4 is 6.09 Å². The molecule has 0 aliphatic carbocycles. The summed E-state index contributed by atoms with van der Waals surface area (Å²) in [4.78, 5) is 14.4. The van der Waals surface area contributed by atoms with E-state index >= 15 is 0 Å². The molecule has 1 aromatic rings. The Bertz CT molecular complexity index is 610. The highest BCUT2D eigenvalue weighted by molar-refractivity contribution is 5.70. The van der Waals surface area contributed by atoms with Crippen LogP contribution < -0.4 is 5.32 Å². The van der Waals surface area contributed by atoms with Crippen LogP contribution in [0, 0.1) is 0 Å². The van der Waals surface area contributed by atoms with Crippen LogP contribution in [0.1, 0.15) is 47.1 Å². The Labute approximate surface area is 150 Å². The summed E-state index contributed by atoms with van der Waals surface area (Å²) in [6.07, 6.45) is -0.481. The molecule has 1 fully saturated rings. The van der Waals surface area contributed by atoms with E-state index in [9.17, 15) is 9.90 Å². The van der Waals surface area contributed by atoms with Crippen molar-refractivity contribution < 1.29 is 19.4 Å². The maximum atomic E-state index is 12.7. The van der Waals surface area contributed by atoms with Gasteiger partial charge < -0.3 is 19.9 Å². The summed E-state index contributed by atoms with van der Waals surface area (Å²) in [5.74, 6) is 0.244. The molecule has 1 aliphatic heterocycles. The van der Waals surface area contributed by atoms with Gasteiger partial charge in [0.15, 0.2) is 0 Å². The van der Waals surface area contributed by atoms with Gasteiger partial charge in [-0.15, -0.1) is 0 Å². The highest BCUT2D eigenvalue weighted by Crippen LogP contribution is 2.33. The SMILES string of the molecule is C[C@H]1OC(C)(C)N(C(=O)OC(C)(C)C)[C@@H]1CNCc1cccc(O)c1. The Morgan fingerprint density at radius 2 is 2.08 bits per heavy atom. The fourth-order valence-corrected chi connectivity index (χ4v) is 3.15. The molecule has 2 atom stereocenters. The molecule has 0 radical (unpaired) electrons. The number of rotatable bonds is 4. The topological polar surface area (TPSA) is 71.0 Å². The van der Waals surface area contributed by atoms with Crippen LogP contribution in [-0.2, 0) is 16.0 Å². The molecule has 0 saturated carbocycles. The monoisotopic (exact) mass is 350 g/mol. The Morgan fingerprint density at radius 3 is 2.68 bits per heavy atom. The second kappa shape index (κ2) is 7.22. The van der Waals surface area contributed by atoms with Crippen molar-refractivity contribution in [1.29, 1.82) is 0 Å². The van der Waals surface area contributed by atoms with Crippen LogP contribution in [0.25, 0.3) is 0 Å². The first-order valence-electron chi connectivity index (χ1n) is 8.68. The lowest BCUT2D eigenvalue weighted by Gasteiger charge is -2.35. The van der Waals surface area contributed by atoms with E-state index in [1.54, 1.807) is 17.0 Å². The van der Waals surface area contributed by atoms with Gasteiger partial charge in [0.1, 0.15) is 17.1 Å². The highest BCUT2D eigenvalue weighted by atomic mass is 16.6. The summed E-state index contributed by atoms with van der Waals surface area (Å²) in [7, 11) is 0. The molecule has 6 heteroatoms. The van der Waals surface area contributed by atoms with Crippen molar-refractivity contribution in [2.75, 3.05) is 6.54 Å². The van der Waals surface area contributed by atoms with Crippen LogP contribution in [0.15, 0.2) is 24.3 Å². The van der Waals surface area contributed by atoms with Crippen LogP contribution in [0.4, 0.5) is 4.79 Å². The van der Waals surface area contributed by atoms with E-state index in [0.29, 0.717) is 13.1 Å². The van der Waals surface area contributed by atoms with E-state index < -0.39 is 11.3 Å². The number of nitrogens with one attached hydrogen (secondary N) is 1. The zero-order valence-electron chi connectivity index (χ0n) is 16.0. The van der Waals surface area contributed by atoms with Gasteiger partial charge in [0, 0.05) is 13.1 Å². The quantitative estimate of drug-likeness (QED) is 0.872. The molecule has 2 rings (SSSR count). The van der Waals surface area contributed by atoms with Gasteiger partial charge >= 0.3 is 6.09 Å². The number of carbonyl (C=O) groups is 1. The summed E-state index contributed by atoms with van der Waals surface area (Å²) in [6.45, 7) is 12.5. The molecule has 0 unspecified atom stereocenters. The average molecular weight is 350 g/mol. The van der Waals surface area contributed by atoms with Gasteiger partial charge in [0.2, 0.25) is 0 Å². The number of hydrogen-bond donors (Lipinski definition) is 2. The number of hydrogen-bond acceptors (Lipinski definition) is 5. The Hall–Kier alpha value is -1.79. The van der Waals surface area contributed by atoms with Crippen LogP contribution in [0.3, 0.4) is 0 Å². The number of nitrogens with zero attached hydrogens (tertiary/aromatic N) is 1. The van der Waals surface area contributed by atoms with E-state index in [0.717, 1.165) is 5.56 Å². The number of carbonyl (C=O) groups excluding carboxylic acids is 1. The number of benzene rings is 1. The van der Waals surface area contributed by atoms with Crippen molar-refractivity contribution in [3.05, 3.63) is 29.8 Å². The molecular formula is C19H30N2O4. The standard InChI is InChI=1S/C19H30N2O4/c1-13-16(12-20-11-14-8-7-9-15(22)10-14)21(19(5,6)24-13)17(23)25-18(2,3)4/h7-10,13,16,20,22H,11-12H2,1-6H3/t13-,16-/m1/s1. The van der Waals surface area contributed by atoms with Gasteiger partial charge in [0.25, 0.3) is 0 Å². The zero-order valence-corrected chi connectivity index (χ0v) is 16.0. The maximum absolute atomic E-state index is 12.7. The minimum Gasteiger partial charge on any atom is -0.508 e. The minimum atomic E-state index is -0.723. The molecule has 1 amide bonds. The third kappa shape index (κ3) is 5.09. The molecule has 0 spiro atoms. The van der Waals surface area contributed by atoms with Gasteiger partial charge in [-0.25, -0.2) is 4.79 Å². The molecule has 0 aromatic heterocycles. The van der Waals surface area contributed by atoms with Gasteiger partial charge in [-0.3, -0.25) is 4.90 Å². The van der Waals surface area contributed by atoms with Crippen molar-refractivity contribution in [2.24, 2.45) is 0 Å². The van der Waals surface area contributed by atoms with E-state index in [1.807, 2.05) is 53.7 Å². The third-order valence-corrected chi connectivity index (χ3v) is 4.11. The molecule has 1 aromatic carbocycles. The first kappa shape index (κ1) is 19.5. The maximum Gasteiger partial charge on any atom is 0.412 e. The predicted octanol–water partition coefficient (Wildman–Crippen LogP) is 3.24.